The summed E-state index contributed by atoms with van der Waals surface area (Å²) in [6, 6.07) is 0. The second-order valence-electron chi connectivity index (χ2n) is 4.84. The van der Waals surface area contributed by atoms with Gasteiger partial charge in [0.2, 0.25) is 5.91 Å². The number of carbonyl (C=O) groups is 1. The summed E-state index contributed by atoms with van der Waals surface area (Å²) in [6.07, 6.45) is 2.45. The topological polar surface area (TPSA) is 46.9 Å². The van der Waals surface area contributed by atoms with Crippen LogP contribution in [0.1, 0.15) is 37.4 Å². The van der Waals surface area contributed by atoms with Crippen molar-refractivity contribution in [3.63, 3.8) is 0 Å². The van der Waals surface area contributed by atoms with Crippen LogP contribution in [0.2, 0.25) is 0 Å². The molecular formula is C11H17N3O. The lowest BCUT2D eigenvalue weighted by Crippen LogP contribution is -2.38. The fourth-order valence-corrected chi connectivity index (χ4v) is 2.29. The molecule has 2 heterocycles. The monoisotopic (exact) mass is 207 g/mol. The van der Waals surface area contributed by atoms with Crippen LogP contribution in [-0.2, 0) is 11.8 Å². The van der Waals surface area contributed by atoms with Crippen LogP contribution in [0, 0.1) is 6.92 Å². The Morgan fingerprint density at radius 2 is 2.27 bits per heavy atom. The van der Waals surface area contributed by atoms with Crippen molar-refractivity contribution in [3.8, 4) is 0 Å². The van der Waals surface area contributed by atoms with Gasteiger partial charge in [-0.1, -0.05) is 0 Å². The largest absolute Gasteiger partial charge is 0.351 e. The number of carbonyl (C=O) groups excluding carboxylic acids is 1. The lowest BCUT2D eigenvalue weighted by Gasteiger charge is -2.26. The Bertz CT molecular complexity index is 406. The number of amides is 1. The third-order valence-electron chi connectivity index (χ3n) is 3.37. The molecule has 0 spiro atoms. The van der Waals surface area contributed by atoms with Gasteiger partial charge < -0.3 is 5.32 Å². The number of aromatic nitrogens is 2. The van der Waals surface area contributed by atoms with E-state index in [4.69, 9.17) is 0 Å². The molecule has 1 fully saturated rings. The zero-order chi connectivity index (χ0) is 11.2. The van der Waals surface area contributed by atoms with E-state index in [1.165, 1.54) is 5.56 Å². The maximum absolute atomic E-state index is 11.4. The van der Waals surface area contributed by atoms with Crippen molar-refractivity contribution in [1.82, 2.24) is 15.1 Å². The minimum Gasteiger partial charge on any atom is -0.351 e. The van der Waals surface area contributed by atoms with Crippen molar-refractivity contribution in [3.05, 3.63) is 17.5 Å². The Hall–Kier alpha value is -1.32. The number of nitrogens with one attached hydrogen (secondary N) is 1. The molecule has 4 heteroatoms. The summed E-state index contributed by atoms with van der Waals surface area (Å²) in [7, 11) is 1.93. The summed E-state index contributed by atoms with van der Waals surface area (Å²) >= 11 is 0. The Kier molecular flexibility index (Phi) is 2.10. The average molecular weight is 207 g/mol. The second kappa shape index (κ2) is 3.08. The van der Waals surface area contributed by atoms with Crippen LogP contribution in [-0.4, -0.2) is 21.2 Å². The molecule has 82 valence electrons. The van der Waals surface area contributed by atoms with Crippen LogP contribution >= 0.6 is 0 Å². The van der Waals surface area contributed by atoms with Crippen LogP contribution in [0.5, 0.6) is 0 Å². The Morgan fingerprint density at radius 3 is 2.67 bits per heavy atom. The molecule has 0 radical (unpaired) electrons. The zero-order valence-electron chi connectivity index (χ0n) is 9.66. The standard InChI is InChI=1S/C11H17N3O/c1-7-8(6-12-14(7)4)9-5-10(15)13-11(9,2)3/h6,9H,5H2,1-4H3,(H,13,15). The van der Waals surface area contributed by atoms with E-state index in [1.807, 2.05) is 24.9 Å². The molecule has 2 rings (SSSR count). The number of hydrogen-bond donors (Lipinski definition) is 1. The molecule has 0 aliphatic carbocycles. The zero-order valence-corrected chi connectivity index (χ0v) is 9.66. The number of rotatable bonds is 1. The molecule has 0 bridgehead atoms. The normalized spacial score (nSPS) is 24.3. The Balaban J connectivity index is 2.39. The quantitative estimate of drug-likeness (QED) is 0.750. The van der Waals surface area contributed by atoms with Gasteiger partial charge in [0.05, 0.1) is 6.20 Å². The lowest BCUT2D eigenvalue weighted by molar-refractivity contribution is -0.119. The summed E-state index contributed by atoms with van der Waals surface area (Å²) in [6.45, 7) is 6.17. The van der Waals surface area contributed by atoms with E-state index in [0.29, 0.717) is 6.42 Å². The lowest BCUT2D eigenvalue weighted by atomic mass is 9.83. The van der Waals surface area contributed by atoms with Crippen LogP contribution in [0.4, 0.5) is 0 Å². The van der Waals surface area contributed by atoms with E-state index in [0.717, 1.165) is 5.69 Å². The fourth-order valence-electron chi connectivity index (χ4n) is 2.29. The van der Waals surface area contributed by atoms with Gasteiger partial charge in [0, 0.05) is 30.6 Å². The smallest absolute Gasteiger partial charge is 0.221 e. The highest BCUT2D eigenvalue weighted by molar-refractivity contribution is 5.81. The minimum atomic E-state index is -0.162. The first-order chi connectivity index (χ1) is 6.92. The maximum atomic E-state index is 11.4. The Morgan fingerprint density at radius 1 is 1.60 bits per heavy atom. The van der Waals surface area contributed by atoms with Gasteiger partial charge in [-0.3, -0.25) is 9.48 Å². The molecule has 1 aliphatic rings. The second-order valence-corrected chi connectivity index (χ2v) is 4.84. The van der Waals surface area contributed by atoms with Gasteiger partial charge in [-0.2, -0.15) is 5.10 Å². The minimum absolute atomic E-state index is 0.133. The third kappa shape index (κ3) is 1.54. The molecule has 1 saturated heterocycles. The van der Waals surface area contributed by atoms with Crippen LogP contribution in [0.3, 0.4) is 0 Å². The molecule has 15 heavy (non-hydrogen) atoms. The molecule has 0 aromatic carbocycles. The molecular weight excluding hydrogens is 190 g/mol. The molecule has 4 nitrogen and oxygen atoms in total. The van der Waals surface area contributed by atoms with E-state index in [1.54, 1.807) is 0 Å². The SMILES string of the molecule is Cc1c(C2CC(=O)NC2(C)C)cnn1C. The maximum Gasteiger partial charge on any atom is 0.221 e. The van der Waals surface area contributed by atoms with Gasteiger partial charge in [-0.05, 0) is 26.3 Å². The highest BCUT2D eigenvalue weighted by atomic mass is 16.2. The number of aryl methyl sites for hydroxylation is 1. The number of hydrogen-bond acceptors (Lipinski definition) is 2. The van der Waals surface area contributed by atoms with Gasteiger partial charge >= 0.3 is 0 Å². The molecule has 1 atom stereocenters. The predicted molar refractivity (Wildman–Crippen MR) is 57.5 cm³/mol. The molecule has 1 amide bonds. The van der Waals surface area contributed by atoms with Gasteiger partial charge in [-0.25, -0.2) is 0 Å². The van der Waals surface area contributed by atoms with Crippen molar-refractivity contribution >= 4 is 5.91 Å². The molecule has 1 N–H and O–H groups in total. The van der Waals surface area contributed by atoms with Gasteiger partial charge in [-0.15, -0.1) is 0 Å². The molecule has 1 unspecified atom stereocenters. The highest BCUT2D eigenvalue weighted by Crippen LogP contribution is 2.37. The molecule has 1 aromatic rings. The summed E-state index contributed by atoms with van der Waals surface area (Å²) in [5, 5.41) is 7.23. The third-order valence-corrected chi connectivity index (χ3v) is 3.37. The van der Waals surface area contributed by atoms with Gasteiger partial charge in [0.1, 0.15) is 0 Å². The molecule has 1 aliphatic heterocycles. The first-order valence-electron chi connectivity index (χ1n) is 5.21. The van der Waals surface area contributed by atoms with Crippen LogP contribution in [0.15, 0.2) is 6.20 Å². The number of nitrogens with zero attached hydrogens (tertiary/aromatic N) is 2. The fraction of sp³-hybridized carbons (Fsp3) is 0.636. The molecule has 0 saturated carbocycles. The first kappa shape index (κ1) is 10.2. The van der Waals surface area contributed by atoms with Crippen molar-refractivity contribution in [2.45, 2.75) is 38.6 Å². The summed E-state index contributed by atoms with van der Waals surface area (Å²) in [5.74, 6) is 0.368. The Labute approximate surface area is 89.7 Å². The summed E-state index contributed by atoms with van der Waals surface area (Å²) < 4.78 is 1.86. The van der Waals surface area contributed by atoms with Crippen molar-refractivity contribution < 1.29 is 4.79 Å². The first-order valence-corrected chi connectivity index (χ1v) is 5.21. The van der Waals surface area contributed by atoms with Crippen LogP contribution < -0.4 is 5.32 Å². The van der Waals surface area contributed by atoms with E-state index in [-0.39, 0.29) is 17.4 Å². The van der Waals surface area contributed by atoms with E-state index >= 15 is 0 Å². The van der Waals surface area contributed by atoms with E-state index < -0.39 is 0 Å². The van der Waals surface area contributed by atoms with Crippen molar-refractivity contribution in [2.24, 2.45) is 7.05 Å². The predicted octanol–water partition coefficient (Wildman–Crippen LogP) is 1.11. The van der Waals surface area contributed by atoms with Gasteiger partial charge in [0.25, 0.3) is 0 Å². The van der Waals surface area contributed by atoms with E-state index in [9.17, 15) is 4.79 Å². The van der Waals surface area contributed by atoms with E-state index in [2.05, 4.69) is 24.3 Å². The van der Waals surface area contributed by atoms with Crippen LogP contribution in [0.25, 0.3) is 0 Å². The van der Waals surface area contributed by atoms with Crippen molar-refractivity contribution in [2.75, 3.05) is 0 Å². The van der Waals surface area contributed by atoms with Crippen molar-refractivity contribution in [1.29, 1.82) is 0 Å². The molecule has 1 aromatic heterocycles. The average Bonchev–Trinajstić information content (AvgIpc) is 2.55. The summed E-state index contributed by atoms with van der Waals surface area (Å²) in [4.78, 5) is 11.4. The highest BCUT2D eigenvalue weighted by Gasteiger charge is 2.41. The van der Waals surface area contributed by atoms with Gasteiger partial charge in [0.15, 0.2) is 0 Å². The summed E-state index contributed by atoms with van der Waals surface area (Å²) in [5.41, 5.74) is 2.16.